The number of amides is 1. The van der Waals surface area contributed by atoms with Gasteiger partial charge >= 0.3 is 0 Å². The lowest BCUT2D eigenvalue weighted by molar-refractivity contribution is 0.0910. The van der Waals surface area contributed by atoms with Crippen molar-refractivity contribution in [3.05, 3.63) is 54.4 Å². The molecule has 5 heteroatoms. The summed E-state index contributed by atoms with van der Waals surface area (Å²) in [6, 6.07) is 13.8. The van der Waals surface area contributed by atoms with Crippen LogP contribution in [0.4, 0.5) is 0 Å². The normalized spacial score (nSPS) is 19.8. The maximum absolute atomic E-state index is 12.7. The van der Waals surface area contributed by atoms with Crippen LogP contribution in [0.15, 0.2) is 48.8 Å². The van der Waals surface area contributed by atoms with Crippen molar-refractivity contribution in [3.63, 3.8) is 0 Å². The lowest BCUT2D eigenvalue weighted by Crippen LogP contribution is -2.41. The fourth-order valence-corrected chi connectivity index (χ4v) is 3.88. The van der Waals surface area contributed by atoms with Gasteiger partial charge in [-0.3, -0.25) is 9.36 Å². The number of hydrogen-bond acceptors (Lipinski definition) is 3. The van der Waals surface area contributed by atoms with Gasteiger partial charge in [-0.1, -0.05) is 19.8 Å². The highest BCUT2D eigenvalue weighted by Crippen LogP contribution is 2.25. The molecule has 1 heterocycles. The second-order valence-electron chi connectivity index (χ2n) is 7.36. The molecule has 1 saturated carbocycles. The first-order valence-corrected chi connectivity index (χ1v) is 9.58. The van der Waals surface area contributed by atoms with Crippen LogP contribution in [0.3, 0.4) is 0 Å². The number of nitrogens with zero attached hydrogens (tertiary/aromatic N) is 2. The van der Waals surface area contributed by atoms with Gasteiger partial charge in [-0.25, -0.2) is 4.98 Å². The monoisotopic (exact) mass is 363 g/mol. The number of nitrogens with one attached hydrogen (secondary N) is 1. The standard InChI is InChI=1S/C22H25N3O2/c1-15-5-3-4-6-19(15)24-22(26)16-7-12-21-20(13-16)23-14-25(21)17-8-10-18(27-2)11-9-17/h7-15,19H,3-6H2,1-2H3,(H,24,26)/t15-,19+/m1/s1. The van der Waals surface area contributed by atoms with Gasteiger partial charge in [-0.15, -0.1) is 0 Å². The molecule has 27 heavy (non-hydrogen) atoms. The van der Waals surface area contributed by atoms with Crippen LogP contribution in [0.25, 0.3) is 16.7 Å². The van der Waals surface area contributed by atoms with Gasteiger partial charge in [0.25, 0.3) is 5.91 Å². The number of methoxy groups -OCH3 is 1. The van der Waals surface area contributed by atoms with E-state index in [4.69, 9.17) is 4.74 Å². The van der Waals surface area contributed by atoms with Gasteiger partial charge in [0, 0.05) is 17.3 Å². The smallest absolute Gasteiger partial charge is 0.251 e. The summed E-state index contributed by atoms with van der Waals surface area (Å²) in [7, 11) is 1.66. The van der Waals surface area contributed by atoms with Crippen LogP contribution in [0.5, 0.6) is 5.75 Å². The van der Waals surface area contributed by atoms with Crippen molar-refractivity contribution in [1.29, 1.82) is 0 Å². The maximum Gasteiger partial charge on any atom is 0.251 e. The lowest BCUT2D eigenvalue weighted by Gasteiger charge is -2.29. The summed E-state index contributed by atoms with van der Waals surface area (Å²) in [4.78, 5) is 17.2. The Morgan fingerprint density at radius 1 is 1.15 bits per heavy atom. The Morgan fingerprint density at radius 3 is 2.67 bits per heavy atom. The van der Waals surface area contributed by atoms with Crippen molar-refractivity contribution in [2.24, 2.45) is 5.92 Å². The molecule has 2 aromatic carbocycles. The molecule has 1 aliphatic rings. The second-order valence-corrected chi connectivity index (χ2v) is 7.36. The van der Waals surface area contributed by atoms with Gasteiger partial charge in [-0.05, 0) is 61.2 Å². The van der Waals surface area contributed by atoms with E-state index in [2.05, 4.69) is 17.2 Å². The van der Waals surface area contributed by atoms with E-state index in [0.29, 0.717) is 11.5 Å². The zero-order chi connectivity index (χ0) is 18.8. The van der Waals surface area contributed by atoms with Gasteiger partial charge in [0.05, 0.1) is 18.1 Å². The highest BCUT2D eigenvalue weighted by Gasteiger charge is 2.23. The molecule has 1 amide bonds. The Labute approximate surface area is 159 Å². The average Bonchev–Trinajstić information content (AvgIpc) is 3.13. The Balaban J connectivity index is 1.57. The van der Waals surface area contributed by atoms with E-state index in [9.17, 15) is 4.79 Å². The zero-order valence-corrected chi connectivity index (χ0v) is 15.8. The second kappa shape index (κ2) is 7.43. The molecule has 0 bridgehead atoms. The van der Waals surface area contributed by atoms with Crippen LogP contribution >= 0.6 is 0 Å². The molecule has 2 atom stereocenters. The molecule has 140 valence electrons. The van der Waals surface area contributed by atoms with Gasteiger partial charge in [0.2, 0.25) is 0 Å². The predicted molar refractivity (Wildman–Crippen MR) is 107 cm³/mol. The van der Waals surface area contributed by atoms with Crippen LogP contribution in [-0.4, -0.2) is 28.6 Å². The highest BCUT2D eigenvalue weighted by atomic mass is 16.5. The lowest BCUT2D eigenvalue weighted by atomic mass is 9.86. The number of carbonyl (C=O) groups excluding carboxylic acids is 1. The minimum Gasteiger partial charge on any atom is -0.497 e. The molecule has 3 aromatic rings. The average molecular weight is 363 g/mol. The molecular formula is C22H25N3O2. The van der Waals surface area contributed by atoms with E-state index in [-0.39, 0.29) is 11.9 Å². The molecule has 1 N–H and O–H groups in total. The van der Waals surface area contributed by atoms with Gasteiger partial charge in [-0.2, -0.15) is 0 Å². The Morgan fingerprint density at radius 2 is 1.93 bits per heavy atom. The van der Waals surface area contributed by atoms with Crippen molar-refractivity contribution in [2.75, 3.05) is 7.11 Å². The third kappa shape index (κ3) is 3.54. The largest absolute Gasteiger partial charge is 0.497 e. The quantitative estimate of drug-likeness (QED) is 0.750. The summed E-state index contributed by atoms with van der Waals surface area (Å²) < 4.78 is 7.23. The Bertz CT molecular complexity index is 946. The fraction of sp³-hybridized carbons (Fsp3) is 0.364. The molecule has 0 saturated heterocycles. The summed E-state index contributed by atoms with van der Waals surface area (Å²) in [6.45, 7) is 2.23. The first-order valence-electron chi connectivity index (χ1n) is 9.58. The van der Waals surface area contributed by atoms with E-state index in [1.807, 2.05) is 47.0 Å². The number of fused-ring (bicyclic) bond motifs is 1. The molecule has 0 unspecified atom stereocenters. The van der Waals surface area contributed by atoms with Crippen molar-refractivity contribution in [1.82, 2.24) is 14.9 Å². The molecule has 4 rings (SSSR count). The number of rotatable bonds is 4. The molecule has 0 radical (unpaired) electrons. The van der Waals surface area contributed by atoms with Crippen LogP contribution in [0.1, 0.15) is 43.0 Å². The number of ether oxygens (including phenoxy) is 1. The minimum atomic E-state index is -0.00496. The van der Waals surface area contributed by atoms with E-state index >= 15 is 0 Å². The number of benzene rings is 2. The molecule has 5 nitrogen and oxygen atoms in total. The predicted octanol–water partition coefficient (Wildman–Crippen LogP) is 4.34. The zero-order valence-electron chi connectivity index (χ0n) is 15.8. The van der Waals surface area contributed by atoms with Crippen molar-refractivity contribution >= 4 is 16.9 Å². The summed E-state index contributed by atoms with van der Waals surface area (Å²) >= 11 is 0. The van der Waals surface area contributed by atoms with Crippen molar-refractivity contribution < 1.29 is 9.53 Å². The number of imidazole rings is 1. The Kier molecular flexibility index (Phi) is 4.84. The molecule has 0 aliphatic heterocycles. The van der Waals surface area contributed by atoms with Crippen molar-refractivity contribution in [2.45, 2.75) is 38.6 Å². The van der Waals surface area contributed by atoms with E-state index in [1.54, 1.807) is 13.4 Å². The maximum atomic E-state index is 12.7. The summed E-state index contributed by atoms with van der Waals surface area (Å²) in [5.41, 5.74) is 3.46. The molecule has 1 aliphatic carbocycles. The fourth-order valence-electron chi connectivity index (χ4n) is 3.88. The van der Waals surface area contributed by atoms with Crippen molar-refractivity contribution in [3.8, 4) is 11.4 Å². The van der Waals surface area contributed by atoms with E-state index in [1.165, 1.54) is 19.3 Å². The first kappa shape index (κ1) is 17.6. The molecular weight excluding hydrogens is 338 g/mol. The molecule has 0 spiro atoms. The topological polar surface area (TPSA) is 56.2 Å². The Hall–Kier alpha value is -2.82. The number of carbonyl (C=O) groups is 1. The van der Waals surface area contributed by atoms with Gasteiger partial charge < -0.3 is 10.1 Å². The number of aromatic nitrogens is 2. The first-order chi connectivity index (χ1) is 13.2. The van der Waals surface area contributed by atoms with Gasteiger partial charge in [0.1, 0.15) is 12.1 Å². The van der Waals surface area contributed by atoms with Crippen LogP contribution < -0.4 is 10.1 Å². The molecule has 1 aromatic heterocycles. The van der Waals surface area contributed by atoms with Crippen LogP contribution in [0, 0.1) is 5.92 Å². The number of hydrogen-bond donors (Lipinski definition) is 1. The highest BCUT2D eigenvalue weighted by molar-refractivity contribution is 5.97. The molecule has 1 fully saturated rings. The van der Waals surface area contributed by atoms with Gasteiger partial charge in [0.15, 0.2) is 0 Å². The summed E-state index contributed by atoms with van der Waals surface area (Å²) in [5, 5.41) is 3.21. The SMILES string of the molecule is COc1ccc(-n2cnc3cc(C(=O)N[C@H]4CCCC[C@H]4C)ccc32)cc1. The van der Waals surface area contributed by atoms with Crippen LogP contribution in [-0.2, 0) is 0 Å². The third-order valence-electron chi connectivity index (χ3n) is 5.59. The third-order valence-corrected chi connectivity index (χ3v) is 5.59. The van der Waals surface area contributed by atoms with E-state index < -0.39 is 0 Å². The summed E-state index contributed by atoms with van der Waals surface area (Å²) in [5.74, 6) is 1.36. The van der Waals surface area contributed by atoms with Crippen LogP contribution in [0.2, 0.25) is 0 Å². The minimum absolute atomic E-state index is 0.00496. The van der Waals surface area contributed by atoms with E-state index in [0.717, 1.165) is 28.9 Å². The summed E-state index contributed by atoms with van der Waals surface area (Å²) in [6.07, 6.45) is 6.51.